The van der Waals surface area contributed by atoms with Gasteiger partial charge in [-0.15, -0.1) is 0 Å². The summed E-state index contributed by atoms with van der Waals surface area (Å²) in [5.41, 5.74) is 5.67. The van der Waals surface area contributed by atoms with Crippen LogP contribution in [0.15, 0.2) is 0 Å². The van der Waals surface area contributed by atoms with E-state index in [1.54, 1.807) is 0 Å². The maximum absolute atomic E-state index is 5.67. The van der Waals surface area contributed by atoms with Crippen molar-refractivity contribution in [3.8, 4) is 6.01 Å². The van der Waals surface area contributed by atoms with Crippen molar-refractivity contribution in [1.82, 2.24) is 19.9 Å². The molecule has 2 rings (SSSR count). The monoisotopic (exact) mass is 252 g/mol. The minimum atomic E-state index is 0.196. The fraction of sp³-hybridized carbons (Fsp3) is 0.727. The van der Waals surface area contributed by atoms with Gasteiger partial charge < -0.3 is 20.3 Å². The molecule has 2 N–H and O–H groups in total. The standard InChI is InChI=1S/C11H20N6O/c1-8-7-16(2)5-4-6-17(8)10-13-9(12)14-11(15-10)18-3/h8H,4-7H2,1-3H3,(H2,12,13,14,15). The van der Waals surface area contributed by atoms with Gasteiger partial charge in [-0.2, -0.15) is 15.0 Å². The molecule has 1 fully saturated rings. The number of aromatic nitrogens is 3. The lowest BCUT2D eigenvalue weighted by atomic mass is 10.3. The number of anilines is 2. The maximum atomic E-state index is 5.67. The van der Waals surface area contributed by atoms with E-state index in [0.29, 0.717) is 12.0 Å². The molecule has 0 radical (unpaired) electrons. The lowest BCUT2D eigenvalue weighted by molar-refractivity contribution is 0.336. The zero-order valence-electron chi connectivity index (χ0n) is 11.1. The van der Waals surface area contributed by atoms with Crippen molar-refractivity contribution in [2.75, 3.05) is 44.4 Å². The molecule has 2 heterocycles. The van der Waals surface area contributed by atoms with Crippen LogP contribution in [0.1, 0.15) is 13.3 Å². The summed E-state index contributed by atoms with van der Waals surface area (Å²) in [5.74, 6) is 0.795. The van der Waals surface area contributed by atoms with Gasteiger partial charge in [0.1, 0.15) is 0 Å². The summed E-state index contributed by atoms with van der Waals surface area (Å²) in [5, 5.41) is 0. The van der Waals surface area contributed by atoms with Gasteiger partial charge in [-0.25, -0.2) is 0 Å². The minimum Gasteiger partial charge on any atom is -0.467 e. The minimum absolute atomic E-state index is 0.196. The lowest BCUT2D eigenvalue weighted by Crippen LogP contribution is -2.39. The van der Waals surface area contributed by atoms with Crippen molar-refractivity contribution in [2.45, 2.75) is 19.4 Å². The molecular formula is C11H20N6O. The highest BCUT2D eigenvalue weighted by molar-refractivity contribution is 5.37. The number of nitrogens with two attached hydrogens (primary N) is 1. The second-order valence-electron chi connectivity index (χ2n) is 4.64. The largest absolute Gasteiger partial charge is 0.467 e. The van der Waals surface area contributed by atoms with Crippen LogP contribution in [-0.4, -0.2) is 59.7 Å². The Morgan fingerprint density at radius 3 is 2.78 bits per heavy atom. The van der Waals surface area contributed by atoms with Gasteiger partial charge in [-0.05, 0) is 26.9 Å². The Hall–Kier alpha value is -1.63. The molecule has 1 aliphatic heterocycles. The summed E-state index contributed by atoms with van der Waals surface area (Å²) in [7, 11) is 3.65. The Labute approximate surface area is 107 Å². The highest BCUT2D eigenvalue weighted by Crippen LogP contribution is 2.18. The number of nitrogen functional groups attached to an aromatic ring is 1. The molecule has 7 nitrogen and oxygen atoms in total. The van der Waals surface area contributed by atoms with Gasteiger partial charge >= 0.3 is 6.01 Å². The van der Waals surface area contributed by atoms with Crippen LogP contribution in [-0.2, 0) is 0 Å². The van der Waals surface area contributed by atoms with Crippen LogP contribution in [0.2, 0.25) is 0 Å². The molecule has 7 heteroatoms. The van der Waals surface area contributed by atoms with Crippen molar-refractivity contribution >= 4 is 11.9 Å². The molecule has 100 valence electrons. The average Bonchev–Trinajstić information content (AvgIpc) is 2.49. The molecule has 0 aromatic carbocycles. The fourth-order valence-electron chi connectivity index (χ4n) is 2.25. The van der Waals surface area contributed by atoms with Crippen LogP contribution in [0.4, 0.5) is 11.9 Å². The van der Waals surface area contributed by atoms with Crippen LogP contribution in [0.25, 0.3) is 0 Å². The smallest absolute Gasteiger partial charge is 0.322 e. The zero-order chi connectivity index (χ0) is 13.1. The van der Waals surface area contributed by atoms with Crippen LogP contribution < -0.4 is 15.4 Å². The molecule has 0 bridgehead atoms. The SMILES string of the molecule is COc1nc(N)nc(N2CCCN(C)CC2C)n1. The molecule has 1 atom stereocenters. The zero-order valence-corrected chi connectivity index (χ0v) is 11.1. The third-order valence-corrected chi connectivity index (χ3v) is 3.11. The van der Waals surface area contributed by atoms with E-state index in [9.17, 15) is 0 Å². The summed E-state index contributed by atoms with van der Waals surface area (Å²) in [6.45, 7) is 5.14. The first-order chi connectivity index (χ1) is 8.60. The number of methoxy groups -OCH3 is 1. The van der Waals surface area contributed by atoms with E-state index in [-0.39, 0.29) is 12.0 Å². The van der Waals surface area contributed by atoms with Crippen LogP contribution >= 0.6 is 0 Å². The van der Waals surface area contributed by atoms with Gasteiger partial charge in [0.2, 0.25) is 11.9 Å². The summed E-state index contributed by atoms with van der Waals surface area (Å²) in [6.07, 6.45) is 1.08. The number of hydrogen-bond donors (Lipinski definition) is 1. The predicted octanol–water partition coefficient (Wildman–Crippen LogP) is -0.00720. The summed E-state index contributed by atoms with van der Waals surface area (Å²) < 4.78 is 5.03. The number of hydrogen-bond acceptors (Lipinski definition) is 7. The topological polar surface area (TPSA) is 80.4 Å². The summed E-state index contributed by atoms with van der Waals surface area (Å²) in [6, 6.07) is 0.603. The molecule has 0 saturated carbocycles. The number of ether oxygens (including phenoxy) is 1. The van der Waals surface area contributed by atoms with E-state index in [2.05, 4.69) is 38.7 Å². The third-order valence-electron chi connectivity index (χ3n) is 3.11. The first-order valence-corrected chi connectivity index (χ1v) is 6.11. The number of nitrogens with zero attached hydrogens (tertiary/aromatic N) is 5. The quantitative estimate of drug-likeness (QED) is 0.793. The third kappa shape index (κ3) is 2.79. The van der Waals surface area contributed by atoms with Gasteiger partial charge in [0.05, 0.1) is 7.11 Å². The Morgan fingerprint density at radius 2 is 2.06 bits per heavy atom. The molecule has 1 saturated heterocycles. The fourth-order valence-corrected chi connectivity index (χ4v) is 2.25. The normalized spacial score (nSPS) is 21.7. The molecule has 1 aromatic heterocycles. The van der Waals surface area contributed by atoms with Gasteiger partial charge in [-0.3, -0.25) is 0 Å². The van der Waals surface area contributed by atoms with Crippen molar-refractivity contribution in [1.29, 1.82) is 0 Å². The summed E-state index contributed by atoms with van der Waals surface area (Å²) >= 11 is 0. The second-order valence-corrected chi connectivity index (χ2v) is 4.64. The molecule has 0 spiro atoms. The summed E-state index contributed by atoms with van der Waals surface area (Å²) in [4.78, 5) is 16.9. The Morgan fingerprint density at radius 1 is 1.28 bits per heavy atom. The Bertz CT molecular complexity index is 413. The first kappa shape index (κ1) is 12.8. The average molecular weight is 252 g/mol. The molecule has 0 amide bonds. The molecule has 1 aromatic rings. The van der Waals surface area contributed by atoms with E-state index in [4.69, 9.17) is 10.5 Å². The van der Waals surface area contributed by atoms with E-state index in [1.807, 2.05) is 0 Å². The van der Waals surface area contributed by atoms with E-state index in [0.717, 1.165) is 26.1 Å². The van der Waals surface area contributed by atoms with Gasteiger partial charge in [0.15, 0.2) is 0 Å². The molecular weight excluding hydrogens is 232 g/mol. The van der Waals surface area contributed by atoms with E-state index < -0.39 is 0 Å². The highest BCUT2D eigenvalue weighted by atomic mass is 16.5. The Balaban J connectivity index is 2.26. The van der Waals surface area contributed by atoms with Gasteiger partial charge in [0.25, 0.3) is 0 Å². The van der Waals surface area contributed by atoms with Crippen molar-refractivity contribution < 1.29 is 4.74 Å². The molecule has 0 aliphatic carbocycles. The first-order valence-electron chi connectivity index (χ1n) is 6.11. The van der Waals surface area contributed by atoms with Gasteiger partial charge in [0, 0.05) is 19.1 Å². The van der Waals surface area contributed by atoms with Gasteiger partial charge in [-0.1, -0.05) is 0 Å². The van der Waals surface area contributed by atoms with E-state index >= 15 is 0 Å². The highest BCUT2D eigenvalue weighted by Gasteiger charge is 2.22. The lowest BCUT2D eigenvalue weighted by Gasteiger charge is -2.27. The molecule has 1 unspecified atom stereocenters. The van der Waals surface area contributed by atoms with Crippen LogP contribution in [0.3, 0.4) is 0 Å². The van der Waals surface area contributed by atoms with Crippen molar-refractivity contribution in [3.63, 3.8) is 0 Å². The van der Waals surface area contributed by atoms with Crippen molar-refractivity contribution in [3.05, 3.63) is 0 Å². The molecule has 18 heavy (non-hydrogen) atoms. The van der Waals surface area contributed by atoms with Crippen LogP contribution in [0.5, 0.6) is 6.01 Å². The van der Waals surface area contributed by atoms with Crippen LogP contribution in [0, 0.1) is 0 Å². The second kappa shape index (κ2) is 5.34. The maximum Gasteiger partial charge on any atom is 0.322 e. The van der Waals surface area contributed by atoms with E-state index in [1.165, 1.54) is 7.11 Å². The number of rotatable bonds is 2. The molecule has 1 aliphatic rings. The number of likely N-dealkylation sites (N-methyl/N-ethyl adjacent to an activating group) is 1. The predicted molar refractivity (Wildman–Crippen MR) is 69.7 cm³/mol. The Kier molecular flexibility index (Phi) is 3.81. The van der Waals surface area contributed by atoms with Crippen molar-refractivity contribution in [2.24, 2.45) is 0 Å².